The molecule has 0 fully saturated rings. The van der Waals surface area contributed by atoms with Crippen LogP contribution in [0.3, 0.4) is 0 Å². The van der Waals surface area contributed by atoms with Crippen molar-refractivity contribution in [1.82, 2.24) is 0 Å². The first-order valence-corrected chi connectivity index (χ1v) is 43.8. The second-order valence-corrected chi connectivity index (χ2v) is 32.8. The Balaban J connectivity index is 5.21. The quantitative estimate of drug-likeness (QED) is 0.0222. The molecule has 0 aliphatic heterocycles. The van der Waals surface area contributed by atoms with Crippen LogP contribution in [0.2, 0.25) is 0 Å². The van der Waals surface area contributed by atoms with Crippen molar-refractivity contribution in [1.29, 1.82) is 0 Å². The van der Waals surface area contributed by atoms with Crippen LogP contribution in [0, 0.1) is 23.7 Å². The van der Waals surface area contributed by atoms with Crippen molar-refractivity contribution in [3.63, 3.8) is 0 Å². The number of phosphoric ester groups is 2. The lowest BCUT2D eigenvalue weighted by atomic mass is 9.99. The van der Waals surface area contributed by atoms with E-state index in [1.165, 1.54) is 199 Å². The van der Waals surface area contributed by atoms with Crippen LogP contribution in [-0.4, -0.2) is 96.7 Å². The molecule has 0 bridgehead atoms. The Labute approximate surface area is 600 Å². The number of aliphatic hydroxyl groups excluding tert-OH is 1. The maximum atomic E-state index is 13.1. The van der Waals surface area contributed by atoms with Crippen LogP contribution >= 0.6 is 15.6 Å². The van der Waals surface area contributed by atoms with E-state index >= 15 is 0 Å². The highest BCUT2D eigenvalue weighted by Crippen LogP contribution is 2.45. The number of ether oxygens (including phenoxy) is 4. The van der Waals surface area contributed by atoms with E-state index in [0.29, 0.717) is 25.7 Å². The average Bonchev–Trinajstić information content (AvgIpc) is 0.948. The van der Waals surface area contributed by atoms with E-state index in [9.17, 15) is 43.2 Å². The highest BCUT2D eigenvalue weighted by molar-refractivity contribution is 7.47. The van der Waals surface area contributed by atoms with Gasteiger partial charge in [-0.2, -0.15) is 0 Å². The lowest BCUT2D eigenvalue weighted by Gasteiger charge is -2.21. The molecule has 0 amide bonds. The Kier molecular flexibility index (Phi) is 66.8. The SMILES string of the molecule is CCC(C)CCCCCCCCCCCCC(=O)OC[C@H](COP(=O)(O)OC[C@@H](O)COP(=O)(O)OC[C@@H](COC(=O)CCCCCCCCC(C)CC)OC(=O)CCCCCCCCCCCCCCCCCCCCC(C)C)OC(=O)CCCCCCCCCCCCC(C)C. The van der Waals surface area contributed by atoms with Crippen LogP contribution in [0.1, 0.15) is 402 Å². The maximum Gasteiger partial charge on any atom is 0.472 e. The molecular weight excluding hydrogens is 1280 g/mol. The van der Waals surface area contributed by atoms with Crippen molar-refractivity contribution in [2.75, 3.05) is 39.6 Å². The number of unbranched alkanes of at least 4 members (excludes halogenated alkanes) is 40. The number of esters is 4. The normalized spacial score (nSPS) is 14.6. The van der Waals surface area contributed by atoms with Crippen molar-refractivity contribution in [2.24, 2.45) is 23.7 Å². The lowest BCUT2D eigenvalue weighted by Crippen LogP contribution is -2.30. The van der Waals surface area contributed by atoms with Crippen LogP contribution in [0.5, 0.6) is 0 Å². The smallest absolute Gasteiger partial charge is 0.462 e. The minimum absolute atomic E-state index is 0.105. The molecule has 0 aromatic rings. The van der Waals surface area contributed by atoms with E-state index < -0.39 is 97.5 Å². The minimum Gasteiger partial charge on any atom is -0.462 e. The van der Waals surface area contributed by atoms with Crippen LogP contribution in [0.25, 0.3) is 0 Å². The second kappa shape index (κ2) is 68.2. The van der Waals surface area contributed by atoms with E-state index in [2.05, 4.69) is 55.4 Å². The van der Waals surface area contributed by atoms with Gasteiger partial charge in [0, 0.05) is 25.7 Å². The van der Waals surface area contributed by atoms with E-state index in [1.54, 1.807) is 0 Å². The Morgan fingerprint density at radius 3 is 0.724 bits per heavy atom. The molecule has 4 unspecified atom stereocenters. The Morgan fingerprint density at radius 2 is 0.490 bits per heavy atom. The summed E-state index contributed by atoms with van der Waals surface area (Å²) >= 11 is 0. The van der Waals surface area contributed by atoms with Crippen LogP contribution in [0.15, 0.2) is 0 Å². The van der Waals surface area contributed by atoms with Gasteiger partial charge in [-0.25, -0.2) is 9.13 Å². The molecule has 582 valence electrons. The minimum atomic E-state index is -4.96. The van der Waals surface area contributed by atoms with E-state index in [-0.39, 0.29) is 25.7 Å². The maximum absolute atomic E-state index is 13.1. The molecule has 0 radical (unpaired) electrons. The van der Waals surface area contributed by atoms with Gasteiger partial charge in [-0.3, -0.25) is 37.3 Å². The first-order valence-electron chi connectivity index (χ1n) is 40.8. The fourth-order valence-corrected chi connectivity index (χ4v) is 13.6. The predicted octanol–water partition coefficient (Wildman–Crippen LogP) is 23.2. The first-order chi connectivity index (χ1) is 47.2. The monoisotopic (exact) mass is 1440 g/mol. The van der Waals surface area contributed by atoms with Crippen LogP contribution in [-0.2, 0) is 65.4 Å². The zero-order valence-corrected chi connectivity index (χ0v) is 66.2. The highest BCUT2D eigenvalue weighted by Gasteiger charge is 2.30. The average molecular weight is 1440 g/mol. The third-order valence-electron chi connectivity index (χ3n) is 19.0. The summed E-state index contributed by atoms with van der Waals surface area (Å²) in [5, 5.41) is 10.6. The van der Waals surface area contributed by atoms with Crippen LogP contribution in [0.4, 0.5) is 0 Å². The van der Waals surface area contributed by atoms with Crippen molar-refractivity contribution in [3.05, 3.63) is 0 Å². The van der Waals surface area contributed by atoms with Crippen molar-refractivity contribution in [3.8, 4) is 0 Å². The number of carbonyl (C=O) groups is 4. The van der Waals surface area contributed by atoms with Gasteiger partial charge in [-0.15, -0.1) is 0 Å². The number of carbonyl (C=O) groups excluding carboxylic acids is 4. The molecule has 0 aromatic carbocycles. The largest absolute Gasteiger partial charge is 0.472 e. The molecule has 0 saturated carbocycles. The Hall–Kier alpha value is -1.94. The van der Waals surface area contributed by atoms with Gasteiger partial charge in [-0.1, -0.05) is 351 Å². The highest BCUT2D eigenvalue weighted by atomic mass is 31.2. The molecule has 0 aliphatic rings. The van der Waals surface area contributed by atoms with Gasteiger partial charge in [0.05, 0.1) is 26.4 Å². The summed E-state index contributed by atoms with van der Waals surface area (Å²) in [7, 11) is -9.92. The summed E-state index contributed by atoms with van der Waals surface area (Å²) in [4.78, 5) is 72.9. The van der Waals surface area contributed by atoms with Gasteiger partial charge in [0.25, 0.3) is 0 Å². The molecule has 0 aliphatic carbocycles. The molecule has 3 N–H and O–H groups in total. The fraction of sp³-hybridized carbons (Fsp3) is 0.949. The van der Waals surface area contributed by atoms with Crippen molar-refractivity contribution < 1.29 is 80.2 Å². The third-order valence-corrected chi connectivity index (χ3v) is 20.9. The number of rotatable bonds is 76. The molecule has 0 heterocycles. The number of aliphatic hydroxyl groups is 1. The molecule has 17 nitrogen and oxygen atoms in total. The van der Waals surface area contributed by atoms with Gasteiger partial charge in [-0.05, 0) is 49.4 Å². The van der Waals surface area contributed by atoms with Gasteiger partial charge < -0.3 is 33.8 Å². The molecule has 0 spiro atoms. The summed E-state index contributed by atoms with van der Waals surface area (Å²) in [6.07, 6.45) is 54.1. The van der Waals surface area contributed by atoms with Gasteiger partial charge in [0.15, 0.2) is 12.2 Å². The van der Waals surface area contributed by atoms with E-state index in [1.807, 2.05) is 0 Å². The molecular formula is C79H154O17P2. The second-order valence-electron chi connectivity index (χ2n) is 29.9. The molecule has 0 aromatic heterocycles. The van der Waals surface area contributed by atoms with Gasteiger partial charge in [0.1, 0.15) is 19.3 Å². The summed E-state index contributed by atoms with van der Waals surface area (Å²) in [6.45, 7) is 14.2. The van der Waals surface area contributed by atoms with Gasteiger partial charge in [0.2, 0.25) is 0 Å². The van der Waals surface area contributed by atoms with Crippen molar-refractivity contribution >= 4 is 39.5 Å². The molecule has 0 saturated heterocycles. The van der Waals surface area contributed by atoms with Gasteiger partial charge >= 0.3 is 39.5 Å². The number of hydrogen-bond donors (Lipinski definition) is 3. The Morgan fingerprint density at radius 1 is 0.286 bits per heavy atom. The fourth-order valence-electron chi connectivity index (χ4n) is 12.0. The van der Waals surface area contributed by atoms with E-state index in [4.69, 9.17) is 37.0 Å². The zero-order valence-electron chi connectivity index (χ0n) is 64.4. The first kappa shape index (κ1) is 96.1. The molecule has 7 atom stereocenters. The van der Waals surface area contributed by atoms with E-state index in [0.717, 1.165) is 120 Å². The van der Waals surface area contributed by atoms with Crippen LogP contribution < -0.4 is 0 Å². The zero-order chi connectivity index (χ0) is 72.4. The number of phosphoric acid groups is 2. The predicted molar refractivity (Wildman–Crippen MR) is 400 cm³/mol. The third kappa shape index (κ3) is 69.8. The summed E-state index contributed by atoms with van der Waals surface area (Å²) < 4.78 is 68.6. The Bertz CT molecular complexity index is 1920. The summed E-state index contributed by atoms with van der Waals surface area (Å²) in [5.41, 5.74) is 0. The summed E-state index contributed by atoms with van der Waals surface area (Å²) in [5.74, 6) is 0.994. The molecule has 98 heavy (non-hydrogen) atoms. The number of hydrogen-bond acceptors (Lipinski definition) is 15. The topological polar surface area (TPSA) is 237 Å². The summed E-state index contributed by atoms with van der Waals surface area (Å²) in [6, 6.07) is 0. The molecule has 0 rings (SSSR count). The molecule has 19 heteroatoms. The standard InChI is InChI=1S/C79H154O17P2/c1-9-71(7)57-49-41-33-27-22-24-28-34-43-51-59-76(81)89-65-74(95-79(84)62-54-46-36-30-23-21-26-32-40-48-56-70(5)6)67-93-97(85,86)91-63-73(80)64-92-98(87,88)94-68-75(66-90-77(82)60-52-44-38-37-42-50-58-72(8)10-2)96-78(83)61-53-45-35-29-20-18-16-14-12-11-13-15-17-19-25-31-39-47-55-69(3)4/h69-75,80H,9-68H2,1-8H3,(H,85,86)(H,87,88)/t71?,72?,73-,74-,75-/m1/s1. The lowest BCUT2D eigenvalue weighted by molar-refractivity contribution is -0.161. The van der Waals surface area contributed by atoms with Crippen molar-refractivity contribution in [2.45, 2.75) is 420 Å².